The highest BCUT2D eigenvalue weighted by molar-refractivity contribution is 6.35. The minimum atomic E-state index is -0.456. The standard InChI is InChI=1S/C14H12Cl2N2O3/c1-8-2-3-12(21-8)14(20)17-7-13(19)18-11-5-9(15)4-10(16)6-11/h2-6H,7H2,1H3,(H,17,20)(H,18,19). The second kappa shape index (κ2) is 6.65. The van der Waals surface area contributed by atoms with Gasteiger partial charge in [0, 0.05) is 15.7 Å². The van der Waals surface area contributed by atoms with Crippen molar-refractivity contribution in [1.29, 1.82) is 0 Å². The maximum absolute atomic E-state index is 11.7. The van der Waals surface area contributed by atoms with Crippen LogP contribution in [-0.4, -0.2) is 18.4 Å². The smallest absolute Gasteiger partial charge is 0.287 e. The van der Waals surface area contributed by atoms with Crippen LogP contribution in [0.1, 0.15) is 16.3 Å². The highest BCUT2D eigenvalue weighted by atomic mass is 35.5. The molecule has 2 rings (SSSR count). The summed E-state index contributed by atoms with van der Waals surface area (Å²) >= 11 is 11.7. The van der Waals surface area contributed by atoms with E-state index in [0.717, 1.165) is 0 Å². The van der Waals surface area contributed by atoms with Gasteiger partial charge in [0.05, 0.1) is 6.54 Å². The molecule has 0 bridgehead atoms. The van der Waals surface area contributed by atoms with E-state index in [0.29, 0.717) is 21.5 Å². The monoisotopic (exact) mass is 326 g/mol. The van der Waals surface area contributed by atoms with Crippen LogP contribution in [0.15, 0.2) is 34.7 Å². The highest BCUT2D eigenvalue weighted by Crippen LogP contribution is 2.22. The van der Waals surface area contributed by atoms with Crippen LogP contribution >= 0.6 is 23.2 Å². The van der Waals surface area contributed by atoms with E-state index in [9.17, 15) is 9.59 Å². The molecule has 0 aliphatic heterocycles. The number of hydrogen-bond donors (Lipinski definition) is 2. The van der Waals surface area contributed by atoms with E-state index < -0.39 is 11.8 Å². The molecule has 21 heavy (non-hydrogen) atoms. The van der Waals surface area contributed by atoms with Gasteiger partial charge in [0.1, 0.15) is 5.76 Å². The van der Waals surface area contributed by atoms with Crippen molar-refractivity contribution in [2.24, 2.45) is 0 Å². The summed E-state index contributed by atoms with van der Waals surface area (Å²) < 4.78 is 5.15. The van der Waals surface area contributed by atoms with Crippen molar-refractivity contribution in [2.45, 2.75) is 6.92 Å². The maximum atomic E-state index is 11.7. The van der Waals surface area contributed by atoms with Crippen molar-refractivity contribution < 1.29 is 14.0 Å². The molecule has 1 aromatic carbocycles. The quantitative estimate of drug-likeness (QED) is 0.905. The van der Waals surface area contributed by atoms with Gasteiger partial charge in [-0.25, -0.2) is 0 Å². The molecule has 0 spiro atoms. The molecule has 5 nitrogen and oxygen atoms in total. The molecule has 2 amide bonds. The molecule has 110 valence electrons. The second-order valence-electron chi connectivity index (χ2n) is 4.30. The minimum absolute atomic E-state index is 0.158. The molecule has 2 N–H and O–H groups in total. The van der Waals surface area contributed by atoms with E-state index in [2.05, 4.69) is 10.6 Å². The third kappa shape index (κ3) is 4.51. The molecule has 0 atom stereocenters. The summed E-state index contributed by atoms with van der Waals surface area (Å²) in [5.41, 5.74) is 0.459. The van der Waals surface area contributed by atoms with Crippen LogP contribution in [0.5, 0.6) is 0 Å². The molecular weight excluding hydrogens is 315 g/mol. The summed E-state index contributed by atoms with van der Waals surface area (Å²) in [5, 5.41) is 5.85. The molecule has 7 heteroatoms. The van der Waals surface area contributed by atoms with E-state index in [1.807, 2.05) is 0 Å². The topological polar surface area (TPSA) is 71.3 Å². The molecule has 0 saturated heterocycles. The van der Waals surface area contributed by atoms with Crippen LogP contribution in [0.3, 0.4) is 0 Å². The first kappa shape index (κ1) is 15.4. The van der Waals surface area contributed by atoms with Gasteiger partial charge in [-0.3, -0.25) is 9.59 Å². The van der Waals surface area contributed by atoms with Crippen molar-refractivity contribution in [3.8, 4) is 0 Å². The van der Waals surface area contributed by atoms with Gasteiger partial charge in [0.2, 0.25) is 5.91 Å². The zero-order valence-electron chi connectivity index (χ0n) is 11.1. The Hall–Kier alpha value is -1.98. The summed E-state index contributed by atoms with van der Waals surface area (Å²) in [5.74, 6) is -0.0726. The van der Waals surface area contributed by atoms with Crippen LogP contribution in [0.4, 0.5) is 5.69 Å². The third-order valence-electron chi connectivity index (χ3n) is 2.52. The van der Waals surface area contributed by atoms with Crippen molar-refractivity contribution in [2.75, 3.05) is 11.9 Å². The van der Waals surface area contributed by atoms with Crippen molar-refractivity contribution >= 4 is 40.7 Å². The fourth-order valence-corrected chi connectivity index (χ4v) is 2.16. The first-order chi connectivity index (χ1) is 9.94. The van der Waals surface area contributed by atoms with Gasteiger partial charge < -0.3 is 15.1 Å². The Balaban J connectivity index is 1.88. The fraction of sp³-hybridized carbons (Fsp3) is 0.143. The lowest BCUT2D eigenvalue weighted by Gasteiger charge is -2.07. The number of anilines is 1. The molecular formula is C14H12Cl2N2O3. The Morgan fingerprint density at radius 2 is 1.81 bits per heavy atom. The predicted molar refractivity (Wildman–Crippen MR) is 80.9 cm³/mol. The first-order valence-electron chi connectivity index (χ1n) is 6.04. The summed E-state index contributed by atoms with van der Waals surface area (Å²) in [6.07, 6.45) is 0. The normalized spacial score (nSPS) is 10.2. The van der Waals surface area contributed by atoms with Crippen LogP contribution in [0.2, 0.25) is 10.0 Å². The molecule has 0 aliphatic carbocycles. The molecule has 0 unspecified atom stereocenters. The first-order valence-corrected chi connectivity index (χ1v) is 6.80. The van der Waals surface area contributed by atoms with Gasteiger partial charge in [0.15, 0.2) is 5.76 Å². The van der Waals surface area contributed by atoms with E-state index in [1.165, 1.54) is 0 Å². The molecule has 0 fully saturated rings. The molecule has 1 aromatic heterocycles. The van der Waals surface area contributed by atoms with Crippen LogP contribution in [0.25, 0.3) is 0 Å². The molecule has 1 heterocycles. The lowest BCUT2D eigenvalue weighted by molar-refractivity contribution is -0.115. The minimum Gasteiger partial charge on any atom is -0.456 e. The van der Waals surface area contributed by atoms with E-state index in [1.54, 1.807) is 37.3 Å². The van der Waals surface area contributed by atoms with Crippen molar-refractivity contribution in [3.05, 3.63) is 51.9 Å². The van der Waals surface area contributed by atoms with Crippen molar-refractivity contribution in [1.82, 2.24) is 5.32 Å². The number of furan rings is 1. The second-order valence-corrected chi connectivity index (χ2v) is 5.17. The number of aryl methyl sites for hydroxylation is 1. The number of rotatable bonds is 4. The van der Waals surface area contributed by atoms with Crippen LogP contribution < -0.4 is 10.6 Å². The van der Waals surface area contributed by atoms with E-state index in [4.69, 9.17) is 27.6 Å². The van der Waals surface area contributed by atoms with E-state index >= 15 is 0 Å². The Kier molecular flexibility index (Phi) is 4.88. The average Bonchev–Trinajstić information content (AvgIpc) is 2.81. The molecule has 0 aliphatic rings. The Bertz CT molecular complexity index is 662. The molecule has 0 saturated carbocycles. The number of benzene rings is 1. The summed E-state index contributed by atoms with van der Waals surface area (Å²) in [7, 11) is 0. The largest absolute Gasteiger partial charge is 0.456 e. The summed E-state index contributed by atoms with van der Waals surface area (Å²) in [6, 6.07) is 7.88. The third-order valence-corrected chi connectivity index (χ3v) is 2.96. The maximum Gasteiger partial charge on any atom is 0.287 e. The fourth-order valence-electron chi connectivity index (χ4n) is 1.64. The zero-order chi connectivity index (χ0) is 15.4. The van der Waals surface area contributed by atoms with Gasteiger partial charge in [-0.1, -0.05) is 23.2 Å². The Morgan fingerprint density at radius 3 is 2.38 bits per heavy atom. The molecule has 0 radical (unpaired) electrons. The van der Waals surface area contributed by atoms with Gasteiger partial charge >= 0.3 is 0 Å². The summed E-state index contributed by atoms with van der Waals surface area (Å²) in [4.78, 5) is 23.4. The Morgan fingerprint density at radius 1 is 1.14 bits per heavy atom. The summed E-state index contributed by atoms with van der Waals surface area (Å²) in [6.45, 7) is 1.54. The number of carbonyl (C=O) groups excluding carboxylic acids is 2. The predicted octanol–water partition coefficient (Wildman–Crippen LogP) is 3.26. The van der Waals surface area contributed by atoms with Crippen LogP contribution in [-0.2, 0) is 4.79 Å². The number of hydrogen-bond acceptors (Lipinski definition) is 3. The van der Waals surface area contributed by atoms with Gasteiger partial charge in [-0.05, 0) is 37.3 Å². The Labute approximate surface area is 131 Å². The van der Waals surface area contributed by atoms with Gasteiger partial charge in [-0.15, -0.1) is 0 Å². The SMILES string of the molecule is Cc1ccc(C(=O)NCC(=O)Nc2cc(Cl)cc(Cl)c2)o1. The highest BCUT2D eigenvalue weighted by Gasteiger charge is 2.11. The van der Waals surface area contributed by atoms with E-state index in [-0.39, 0.29) is 12.3 Å². The zero-order valence-corrected chi connectivity index (χ0v) is 12.6. The lowest BCUT2D eigenvalue weighted by Crippen LogP contribution is -2.32. The number of halogens is 2. The number of carbonyl (C=O) groups is 2. The van der Waals surface area contributed by atoms with Crippen molar-refractivity contribution in [3.63, 3.8) is 0 Å². The number of amides is 2. The average molecular weight is 327 g/mol. The van der Waals surface area contributed by atoms with Gasteiger partial charge in [0.25, 0.3) is 5.91 Å². The number of nitrogens with one attached hydrogen (secondary N) is 2. The van der Waals surface area contributed by atoms with Gasteiger partial charge in [-0.2, -0.15) is 0 Å². The molecule has 2 aromatic rings. The lowest BCUT2D eigenvalue weighted by atomic mass is 10.3. The van der Waals surface area contributed by atoms with Crippen LogP contribution in [0, 0.1) is 6.92 Å².